The number of anilines is 1. The largest absolute Gasteiger partial charge is 0.481 e. The van der Waals surface area contributed by atoms with Crippen LogP contribution in [0.1, 0.15) is 23.3 Å². The van der Waals surface area contributed by atoms with Gasteiger partial charge in [-0.2, -0.15) is 4.98 Å². The molecule has 7 heteroatoms. The van der Waals surface area contributed by atoms with Gasteiger partial charge < -0.3 is 10.0 Å². The lowest BCUT2D eigenvalue weighted by Crippen LogP contribution is -2.39. The minimum absolute atomic E-state index is 0.219. The smallest absolute Gasteiger partial charge is 0.308 e. The molecule has 1 fully saturated rings. The number of piperidine rings is 1. The van der Waals surface area contributed by atoms with Crippen molar-refractivity contribution in [2.45, 2.75) is 26.7 Å². The van der Waals surface area contributed by atoms with Gasteiger partial charge in [-0.05, 0) is 43.9 Å². The molecule has 0 saturated carbocycles. The molecule has 112 valence electrons. The Morgan fingerprint density at radius 3 is 2.90 bits per heavy atom. The summed E-state index contributed by atoms with van der Waals surface area (Å²) in [5, 5.41) is 10.5. The van der Waals surface area contributed by atoms with Crippen molar-refractivity contribution in [2.75, 3.05) is 18.0 Å². The second-order valence-corrected chi connectivity index (χ2v) is 6.94. The number of carboxylic acids is 1. The molecule has 2 aromatic heterocycles. The van der Waals surface area contributed by atoms with Gasteiger partial charge in [0.25, 0.3) is 0 Å². The standard InChI is InChI=1S/C14H16ClN3O2S/c1-7-8(2)21-12-10(7)11(16-14(15)17-12)18-5-3-4-9(6-18)13(19)20/h9H,3-6H2,1-2H3,(H,19,20). The molecule has 1 atom stereocenters. The van der Waals surface area contributed by atoms with Crippen LogP contribution in [0, 0.1) is 19.8 Å². The highest BCUT2D eigenvalue weighted by Gasteiger charge is 2.28. The van der Waals surface area contributed by atoms with Gasteiger partial charge in [0.1, 0.15) is 10.6 Å². The maximum absolute atomic E-state index is 11.2. The maximum Gasteiger partial charge on any atom is 0.308 e. The minimum Gasteiger partial charge on any atom is -0.481 e. The number of hydrogen-bond acceptors (Lipinski definition) is 5. The highest BCUT2D eigenvalue weighted by Crippen LogP contribution is 2.37. The molecule has 1 aliphatic rings. The molecule has 2 aromatic rings. The van der Waals surface area contributed by atoms with Crippen molar-refractivity contribution in [3.05, 3.63) is 15.7 Å². The van der Waals surface area contributed by atoms with E-state index >= 15 is 0 Å². The Morgan fingerprint density at radius 2 is 2.19 bits per heavy atom. The van der Waals surface area contributed by atoms with E-state index in [9.17, 15) is 9.90 Å². The Hall–Kier alpha value is -1.40. The normalized spacial score (nSPS) is 19.2. The summed E-state index contributed by atoms with van der Waals surface area (Å²) in [4.78, 5) is 24.0. The van der Waals surface area contributed by atoms with Crippen molar-refractivity contribution in [1.82, 2.24) is 9.97 Å². The molecule has 0 radical (unpaired) electrons. The van der Waals surface area contributed by atoms with E-state index in [1.54, 1.807) is 11.3 Å². The van der Waals surface area contributed by atoms with Gasteiger partial charge in [-0.1, -0.05) is 0 Å². The number of aromatic nitrogens is 2. The summed E-state index contributed by atoms with van der Waals surface area (Å²) in [5.41, 5.74) is 1.15. The van der Waals surface area contributed by atoms with Gasteiger partial charge in [-0.25, -0.2) is 4.98 Å². The minimum atomic E-state index is -0.741. The zero-order chi connectivity index (χ0) is 15.1. The third kappa shape index (κ3) is 2.58. The van der Waals surface area contributed by atoms with E-state index in [2.05, 4.69) is 16.9 Å². The van der Waals surface area contributed by atoms with E-state index in [1.165, 1.54) is 4.88 Å². The fraction of sp³-hybridized carbons (Fsp3) is 0.500. The molecule has 3 rings (SSSR count). The van der Waals surface area contributed by atoms with E-state index in [0.717, 1.165) is 41.0 Å². The Balaban J connectivity index is 2.09. The number of thiophene rings is 1. The molecule has 0 aromatic carbocycles. The third-order valence-electron chi connectivity index (χ3n) is 4.05. The van der Waals surface area contributed by atoms with E-state index in [4.69, 9.17) is 11.6 Å². The van der Waals surface area contributed by atoms with Crippen LogP contribution in [0.25, 0.3) is 10.2 Å². The van der Waals surface area contributed by atoms with Gasteiger partial charge >= 0.3 is 5.97 Å². The molecule has 1 N–H and O–H groups in total. The van der Waals surface area contributed by atoms with Crippen LogP contribution in [0.3, 0.4) is 0 Å². The third-order valence-corrected chi connectivity index (χ3v) is 5.32. The van der Waals surface area contributed by atoms with Crippen LogP contribution in [-0.2, 0) is 4.79 Å². The first-order valence-electron chi connectivity index (χ1n) is 6.88. The Bertz CT molecular complexity index is 716. The molecular weight excluding hydrogens is 310 g/mol. The van der Waals surface area contributed by atoms with Crippen molar-refractivity contribution in [3.63, 3.8) is 0 Å². The summed E-state index contributed by atoms with van der Waals surface area (Å²) < 4.78 is 0. The summed E-state index contributed by atoms with van der Waals surface area (Å²) in [6.07, 6.45) is 1.57. The first-order valence-corrected chi connectivity index (χ1v) is 8.08. The van der Waals surface area contributed by atoms with E-state index in [-0.39, 0.29) is 11.2 Å². The monoisotopic (exact) mass is 325 g/mol. The fourth-order valence-corrected chi connectivity index (χ4v) is 4.04. The summed E-state index contributed by atoms with van der Waals surface area (Å²) in [5.74, 6) is -0.310. The summed E-state index contributed by atoms with van der Waals surface area (Å²) >= 11 is 7.64. The Labute approximate surface area is 131 Å². The van der Waals surface area contributed by atoms with Crippen LogP contribution in [0.15, 0.2) is 0 Å². The highest BCUT2D eigenvalue weighted by molar-refractivity contribution is 7.18. The lowest BCUT2D eigenvalue weighted by Gasteiger charge is -2.32. The number of carboxylic acid groups (broad SMARTS) is 1. The molecule has 0 bridgehead atoms. The molecule has 21 heavy (non-hydrogen) atoms. The van der Waals surface area contributed by atoms with Crippen molar-refractivity contribution in [1.29, 1.82) is 0 Å². The van der Waals surface area contributed by atoms with E-state index in [0.29, 0.717) is 6.54 Å². The van der Waals surface area contributed by atoms with Crippen LogP contribution in [0.4, 0.5) is 5.82 Å². The van der Waals surface area contributed by atoms with Crippen LogP contribution >= 0.6 is 22.9 Å². The van der Waals surface area contributed by atoms with Crippen LogP contribution in [0.5, 0.6) is 0 Å². The van der Waals surface area contributed by atoms with Gasteiger partial charge in [0.05, 0.1) is 11.3 Å². The first-order chi connectivity index (χ1) is 9.97. The topological polar surface area (TPSA) is 66.3 Å². The number of fused-ring (bicyclic) bond motifs is 1. The quantitative estimate of drug-likeness (QED) is 0.858. The maximum atomic E-state index is 11.2. The average Bonchev–Trinajstić information content (AvgIpc) is 2.73. The number of halogens is 1. The lowest BCUT2D eigenvalue weighted by atomic mass is 9.98. The van der Waals surface area contributed by atoms with E-state index < -0.39 is 5.97 Å². The zero-order valence-corrected chi connectivity index (χ0v) is 13.5. The van der Waals surface area contributed by atoms with Gasteiger partial charge in [0.2, 0.25) is 5.28 Å². The number of nitrogens with zero attached hydrogens (tertiary/aromatic N) is 3. The van der Waals surface area contributed by atoms with Crippen LogP contribution in [0.2, 0.25) is 5.28 Å². The number of rotatable bonds is 2. The molecule has 0 aliphatic carbocycles. The molecular formula is C14H16ClN3O2S. The average molecular weight is 326 g/mol. The van der Waals surface area contributed by atoms with Crippen LogP contribution < -0.4 is 4.90 Å². The van der Waals surface area contributed by atoms with Gasteiger partial charge in [0, 0.05) is 18.0 Å². The Kier molecular flexibility index (Phi) is 3.75. The van der Waals surface area contributed by atoms with Crippen molar-refractivity contribution in [3.8, 4) is 0 Å². The second kappa shape index (κ2) is 5.42. The molecule has 0 amide bonds. The SMILES string of the molecule is Cc1sc2nc(Cl)nc(N3CCCC(C(=O)O)C3)c2c1C. The molecule has 1 unspecified atom stereocenters. The number of aliphatic carboxylic acids is 1. The highest BCUT2D eigenvalue weighted by atomic mass is 35.5. The molecule has 3 heterocycles. The molecule has 1 aliphatic heterocycles. The first kappa shape index (κ1) is 14.5. The second-order valence-electron chi connectivity index (χ2n) is 5.40. The summed E-state index contributed by atoms with van der Waals surface area (Å²) in [6.45, 7) is 5.38. The summed E-state index contributed by atoms with van der Waals surface area (Å²) in [7, 11) is 0. The van der Waals surface area contributed by atoms with Gasteiger partial charge in [-0.3, -0.25) is 4.79 Å². The lowest BCUT2D eigenvalue weighted by molar-refractivity contribution is -0.141. The predicted octanol–water partition coefficient (Wildman–Crippen LogP) is 3.26. The Morgan fingerprint density at radius 1 is 1.43 bits per heavy atom. The summed E-state index contributed by atoms with van der Waals surface area (Å²) in [6, 6.07) is 0. The zero-order valence-electron chi connectivity index (χ0n) is 11.9. The predicted molar refractivity (Wildman–Crippen MR) is 84.5 cm³/mol. The number of aryl methyl sites for hydroxylation is 2. The van der Waals surface area contributed by atoms with Gasteiger partial charge in [0.15, 0.2) is 0 Å². The van der Waals surface area contributed by atoms with Crippen molar-refractivity contribution < 1.29 is 9.90 Å². The van der Waals surface area contributed by atoms with Gasteiger partial charge in [-0.15, -0.1) is 11.3 Å². The van der Waals surface area contributed by atoms with Crippen LogP contribution in [-0.4, -0.2) is 34.1 Å². The molecule has 5 nitrogen and oxygen atoms in total. The number of hydrogen-bond donors (Lipinski definition) is 1. The fourth-order valence-electron chi connectivity index (χ4n) is 2.80. The molecule has 1 saturated heterocycles. The van der Waals surface area contributed by atoms with Crippen molar-refractivity contribution >= 4 is 44.9 Å². The molecule has 0 spiro atoms. The van der Waals surface area contributed by atoms with E-state index in [1.807, 2.05) is 11.8 Å². The number of carbonyl (C=O) groups is 1. The van der Waals surface area contributed by atoms with Crippen molar-refractivity contribution in [2.24, 2.45) is 5.92 Å².